The SMILES string of the molecule is CC(C)C(CCO)NC(=O)NC(C)C(C)c1ccccc1. The number of rotatable bonds is 7. The average molecular weight is 292 g/mol. The van der Waals surface area contributed by atoms with Crippen molar-refractivity contribution in [2.75, 3.05) is 6.61 Å². The summed E-state index contributed by atoms with van der Waals surface area (Å²) in [4.78, 5) is 12.1. The van der Waals surface area contributed by atoms with Crippen molar-refractivity contribution in [3.8, 4) is 0 Å². The van der Waals surface area contributed by atoms with Crippen LogP contribution in [-0.4, -0.2) is 29.8 Å². The van der Waals surface area contributed by atoms with Crippen molar-refractivity contribution in [2.45, 2.75) is 52.1 Å². The van der Waals surface area contributed by atoms with Gasteiger partial charge in [0.05, 0.1) is 0 Å². The Morgan fingerprint density at radius 3 is 2.24 bits per heavy atom. The highest BCUT2D eigenvalue weighted by Gasteiger charge is 2.19. The highest BCUT2D eigenvalue weighted by molar-refractivity contribution is 5.74. The summed E-state index contributed by atoms with van der Waals surface area (Å²) < 4.78 is 0. The highest BCUT2D eigenvalue weighted by Crippen LogP contribution is 2.18. The van der Waals surface area contributed by atoms with Gasteiger partial charge in [-0.25, -0.2) is 4.79 Å². The highest BCUT2D eigenvalue weighted by atomic mass is 16.3. The van der Waals surface area contributed by atoms with Crippen molar-refractivity contribution in [3.63, 3.8) is 0 Å². The Morgan fingerprint density at radius 2 is 1.71 bits per heavy atom. The lowest BCUT2D eigenvalue weighted by Crippen LogP contribution is -2.48. The van der Waals surface area contributed by atoms with Crippen molar-refractivity contribution in [1.29, 1.82) is 0 Å². The first-order chi connectivity index (χ1) is 9.95. The van der Waals surface area contributed by atoms with Gasteiger partial charge >= 0.3 is 6.03 Å². The molecule has 1 aromatic carbocycles. The van der Waals surface area contributed by atoms with E-state index in [-0.39, 0.29) is 30.6 Å². The molecule has 0 heterocycles. The van der Waals surface area contributed by atoms with Crippen LogP contribution in [0.15, 0.2) is 30.3 Å². The number of hydrogen-bond acceptors (Lipinski definition) is 2. The largest absolute Gasteiger partial charge is 0.396 e. The van der Waals surface area contributed by atoms with Crippen LogP contribution in [-0.2, 0) is 0 Å². The molecular formula is C17H28N2O2. The molecule has 118 valence electrons. The Labute approximate surface area is 128 Å². The van der Waals surface area contributed by atoms with Gasteiger partial charge in [0, 0.05) is 24.6 Å². The number of aliphatic hydroxyl groups excluding tert-OH is 1. The van der Waals surface area contributed by atoms with E-state index >= 15 is 0 Å². The smallest absolute Gasteiger partial charge is 0.315 e. The van der Waals surface area contributed by atoms with E-state index in [1.54, 1.807) is 0 Å². The van der Waals surface area contributed by atoms with Gasteiger partial charge in [-0.2, -0.15) is 0 Å². The van der Waals surface area contributed by atoms with Gasteiger partial charge in [-0.05, 0) is 24.8 Å². The van der Waals surface area contributed by atoms with E-state index in [4.69, 9.17) is 5.11 Å². The van der Waals surface area contributed by atoms with E-state index in [0.29, 0.717) is 12.3 Å². The Kier molecular flexibility index (Phi) is 7.23. The van der Waals surface area contributed by atoms with Crippen LogP contribution in [0.2, 0.25) is 0 Å². The molecule has 21 heavy (non-hydrogen) atoms. The van der Waals surface area contributed by atoms with Gasteiger partial charge in [0.25, 0.3) is 0 Å². The van der Waals surface area contributed by atoms with Crippen molar-refractivity contribution in [3.05, 3.63) is 35.9 Å². The molecule has 2 amide bonds. The lowest BCUT2D eigenvalue weighted by Gasteiger charge is -2.26. The van der Waals surface area contributed by atoms with Crippen LogP contribution in [0.3, 0.4) is 0 Å². The lowest BCUT2D eigenvalue weighted by molar-refractivity contribution is 0.215. The molecule has 3 atom stereocenters. The molecule has 0 saturated carbocycles. The maximum absolute atomic E-state index is 12.1. The number of carbonyl (C=O) groups excluding carboxylic acids is 1. The Balaban J connectivity index is 2.53. The Hall–Kier alpha value is -1.55. The van der Waals surface area contributed by atoms with E-state index in [1.807, 2.05) is 39.0 Å². The normalized spacial score (nSPS) is 15.3. The molecule has 0 bridgehead atoms. The molecule has 0 fully saturated rings. The second-order valence-corrected chi connectivity index (χ2v) is 5.97. The van der Waals surface area contributed by atoms with Crippen molar-refractivity contribution in [2.24, 2.45) is 5.92 Å². The van der Waals surface area contributed by atoms with Crippen LogP contribution in [0.4, 0.5) is 4.79 Å². The van der Waals surface area contributed by atoms with Crippen LogP contribution < -0.4 is 10.6 Å². The summed E-state index contributed by atoms with van der Waals surface area (Å²) >= 11 is 0. The minimum absolute atomic E-state index is 0.00534. The standard InChI is InChI=1S/C17H28N2O2/c1-12(2)16(10-11-20)19-17(21)18-14(4)13(3)15-8-6-5-7-9-15/h5-9,12-14,16,20H,10-11H2,1-4H3,(H2,18,19,21). The molecule has 0 aliphatic rings. The van der Waals surface area contributed by atoms with E-state index < -0.39 is 0 Å². The number of urea groups is 1. The molecule has 0 saturated heterocycles. The minimum Gasteiger partial charge on any atom is -0.396 e. The molecule has 1 aromatic rings. The van der Waals surface area contributed by atoms with Gasteiger partial charge in [0.2, 0.25) is 0 Å². The molecule has 3 N–H and O–H groups in total. The summed E-state index contributed by atoms with van der Waals surface area (Å²) in [5.74, 6) is 0.539. The number of carbonyl (C=O) groups is 1. The molecule has 0 aliphatic carbocycles. The van der Waals surface area contributed by atoms with Gasteiger partial charge in [0.15, 0.2) is 0 Å². The molecule has 0 aliphatic heterocycles. The second-order valence-electron chi connectivity index (χ2n) is 5.97. The van der Waals surface area contributed by atoms with Gasteiger partial charge in [-0.3, -0.25) is 0 Å². The molecule has 1 rings (SSSR count). The predicted octanol–water partition coefficient (Wildman–Crippen LogP) is 2.88. The Bertz CT molecular complexity index is 420. The van der Waals surface area contributed by atoms with Crippen LogP contribution in [0.5, 0.6) is 0 Å². The zero-order chi connectivity index (χ0) is 15.8. The monoisotopic (exact) mass is 292 g/mol. The van der Waals surface area contributed by atoms with Crippen LogP contribution in [0, 0.1) is 5.92 Å². The first-order valence-corrected chi connectivity index (χ1v) is 7.68. The van der Waals surface area contributed by atoms with Crippen molar-refractivity contribution < 1.29 is 9.90 Å². The molecule has 0 radical (unpaired) electrons. The summed E-state index contributed by atoms with van der Waals surface area (Å²) in [6.45, 7) is 8.27. The summed E-state index contributed by atoms with van der Waals surface area (Å²) in [5.41, 5.74) is 1.21. The number of hydrogen-bond donors (Lipinski definition) is 3. The third kappa shape index (κ3) is 5.76. The van der Waals surface area contributed by atoms with E-state index in [9.17, 15) is 4.79 Å². The minimum atomic E-state index is -0.169. The first kappa shape index (κ1) is 17.5. The molecule has 4 nitrogen and oxygen atoms in total. The van der Waals surface area contributed by atoms with Gasteiger partial charge < -0.3 is 15.7 Å². The Morgan fingerprint density at radius 1 is 1.10 bits per heavy atom. The van der Waals surface area contributed by atoms with E-state index in [1.165, 1.54) is 5.56 Å². The topological polar surface area (TPSA) is 61.4 Å². The molecular weight excluding hydrogens is 264 g/mol. The zero-order valence-corrected chi connectivity index (χ0v) is 13.5. The molecule has 0 spiro atoms. The van der Waals surface area contributed by atoms with Crippen LogP contribution >= 0.6 is 0 Å². The third-order valence-electron chi connectivity index (χ3n) is 4.00. The predicted molar refractivity (Wildman–Crippen MR) is 86.3 cm³/mol. The maximum atomic E-state index is 12.1. The third-order valence-corrected chi connectivity index (χ3v) is 4.00. The average Bonchev–Trinajstić information content (AvgIpc) is 2.46. The zero-order valence-electron chi connectivity index (χ0n) is 13.5. The lowest BCUT2D eigenvalue weighted by atomic mass is 9.94. The molecule has 0 aromatic heterocycles. The number of amides is 2. The van der Waals surface area contributed by atoms with E-state index in [0.717, 1.165) is 0 Å². The number of aliphatic hydroxyl groups is 1. The van der Waals surface area contributed by atoms with Gasteiger partial charge in [-0.1, -0.05) is 51.1 Å². The number of nitrogens with one attached hydrogen (secondary N) is 2. The second kappa shape index (κ2) is 8.67. The molecule has 4 heteroatoms. The quantitative estimate of drug-likeness (QED) is 0.723. The van der Waals surface area contributed by atoms with Crippen LogP contribution in [0.25, 0.3) is 0 Å². The fourth-order valence-corrected chi connectivity index (χ4v) is 2.30. The maximum Gasteiger partial charge on any atom is 0.315 e. The fraction of sp³-hybridized carbons (Fsp3) is 0.588. The first-order valence-electron chi connectivity index (χ1n) is 7.68. The van der Waals surface area contributed by atoms with Gasteiger partial charge in [-0.15, -0.1) is 0 Å². The van der Waals surface area contributed by atoms with E-state index in [2.05, 4.69) is 29.7 Å². The summed E-state index contributed by atoms with van der Waals surface area (Å²) in [5, 5.41) is 15.0. The number of benzene rings is 1. The van der Waals surface area contributed by atoms with Crippen molar-refractivity contribution >= 4 is 6.03 Å². The summed E-state index contributed by atoms with van der Waals surface area (Å²) in [7, 11) is 0. The summed E-state index contributed by atoms with van der Waals surface area (Å²) in [6, 6.07) is 10.0. The molecule has 3 unspecified atom stereocenters. The summed E-state index contributed by atoms with van der Waals surface area (Å²) in [6.07, 6.45) is 0.577. The fourth-order valence-electron chi connectivity index (χ4n) is 2.30. The van der Waals surface area contributed by atoms with Crippen LogP contribution in [0.1, 0.15) is 45.6 Å². The van der Waals surface area contributed by atoms with Gasteiger partial charge in [0.1, 0.15) is 0 Å². The van der Waals surface area contributed by atoms with Crippen molar-refractivity contribution in [1.82, 2.24) is 10.6 Å².